The maximum Gasteiger partial charge on any atom is 0.256 e. The summed E-state index contributed by atoms with van der Waals surface area (Å²) < 4.78 is 5.74. The van der Waals surface area contributed by atoms with Crippen LogP contribution < -0.4 is 16.0 Å². The van der Waals surface area contributed by atoms with Gasteiger partial charge in [-0.1, -0.05) is 43.3 Å². The zero-order chi connectivity index (χ0) is 18.3. The van der Waals surface area contributed by atoms with Crippen molar-refractivity contribution in [3.63, 3.8) is 0 Å². The average molecular weight is 343 g/mol. The van der Waals surface area contributed by atoms with Crippen LogP contribution >= 0.6 is 0 Å². The fourth-order valence-corrected chi connectivity index (χ4v) is 3.45. The summed E-state index contributed by atoms with van der Waals surface area (Å²) in [6.45, 7) is 2.08. The molecular weight excluding hydrogens is 326 g/mol. The topological polar surface area (TPSA) is 91.9 Å². The standard InChI is InChI=1S/C21H17N3O2/c1-2-12-7-9-13(10-8-12)17-15(11-22)20(23)26-19-14-5-3-4-6-16(14)24-21(25)18(17)19/h3-10,17H,2,23H2,1H3,(H,24,25)/t17-/m1/s1. The van der Waals surface area contributed by atoms with Crippen molar-refractivity contribution in [3.8, 4) is 11.8 Å². The Hall–Kier alpha value is -3.52. The number of ether oxygens (including phenoxy) is 1. The molecule has 5 nitrogen and oxygen atoms in total. The van der Waals surface area contributed by atoms with E-state index in [-0.39, 0.29) is 17.0 Å². The smallest absolute Gasteiger partial charge is 0.256 e. The molecule has 1 aliphatic rings. The van der Waals surface area contributed by atoms with Gasteiger partial charge in [0.05, 0.1) is 17.0 Å². The number of hydrogen-bond acceptors (Lipinski definition) is 4. The van der Waals surface area contributed by atoms with Gasteiger partial charge >= 0.3 is 0 Å². The van der Waals surface area contributed by atoms with Crippen LogP contribution in [0.15, 0.2) is 64.8 Å². The fourth-order valence-electron chi connectivity index (χ4n) is 3.45. The highest BCUT2D eigenvalue weighted by atomic mass is 16.5. The predicted octanol–water partition coefficient (Wildman–Crippen LogP) is 3.31. The maximum absolute atomic E-state index is 12.8. The van der Waals surface area contributed by atoms with Crippen LogP contribution in [0.5, 0.6) is 5.75 Å². The van der Waals surface area contributed by atoms with Gasteiger partial charge in [-0.25, -0.2) is 0 Å². The Labute approximate surface area is 150 Å². The Morgan fingerprint density at radius 1 is 1.19 bits per heavy atom. The molecule has 1 aromatic heterocycles. The van der Waals surface area contributed by atoms with E-state index >= 15 is 0 Å². The molecule has 0 amide bonds. The molecule has 0 aliphatic carbocycles. The van der Waals surface area contributed by atoms with Gasteiger partial charge in [0.15, 0.2) is 0 Å². The number of aromatic amines is 1. The Morgan fingerprint density at radius 2 is 1.92 bits per heavy atom. The van der Waals surface area contributed by atoms with Gasteiger partial charge in [0, 0.05) is 5.39 Å². The molecular formula is C21H17N3O2. The van der Waals surface area contributed by atoms with Gasteiger partial charge in [-0.3, -0.25) is 4.79 Å². The molecule has 0 unspecified atom stereocenters. The third kappa shape index (κ3) is 2.35. The van der Waals surface area contributed by atoms with Crippen LogP contribution in [-0.2, 0) is 6.42 Å². The second-order valence-electron chi connectivity index (χ2n) is 6.26. The summed E-state index contributed by atoms with van der Waals surface area (Å²) in [5, 5.41) is 10.4. The highest BCUT2D eigenvalue weighted by Crippen LogP contribution is 2.42. The van der Waals surface area contributed by atoms with Gasteiger partial charge < -0.3 is 15.5 Å². The van der Waals surface area contributed by atoms with Crippen LogP contribution in [0.4, 0.5) is 0 Å². The second kappa shape index (κ2) is 6.08. The molecule has 128 valence electrons. The summed E-state index contributed by atoms with van der Waals surface area (Å²) >= 11 is 0. The van der Waals surface area contributed by atoms with E-state index in [1.807, 2.05) is 48.5 Å². The first-order valence-corrected chi connectivity index (χ1v) is 8.45. The fraction of sp³-hybridized carbons (Fsp3) is 0.143. The summed E-state index contributed by atoms with van der Waals surface area (Å²) in [5.41, 5.74) is 9.14. The second-order valence-corrected chi connectivity index (χ2v) is 6.26. The first-order chi connectivity index (χ1) is 12.6. The molecule has 1 atom stereocenters. The molecule has 1 aliphatic heterocycles. The number of hydrogen-bond donors (Lipinski definition) is 2. The van der Waals surface area contributed by atoms with Crippen molar-refractivity contribution in [3.05, 3.63) is 87.0 Å². The number of para-hydroxylation sites is 1. The third-order valence-electron chi connectivity index (χ3n) is 4.81. The van der Waals surface area contributed by atoms with E-state index in [1.165, 1.54) is 5.56 Å². The van der Waals surface area contributed by atoms with Crippen molar-refractivity contribution in [2.45, 2.75) is 19.3 Å². The van der Waals surface area contributed by atoms with Gasteiger partial charge in [-0.05, 0) is 29.7 Å². The first kappa shape index (κ1) is 16.0. The molecule has 0 fully saturated rings. The lowest BCUT2D eigenvalue weighted by molar-refractivity contribution is 0.397. The molecule has 0 saturated carbocycles. The van der Waals surface area contributed by atoms with Crippen LogP contribution in [-0.4, -0.2) is 4.98 Å². The zero-order valence-electron chi connectivity index (χ0n) is 14.2. The number of aromatic nitrogens is 1. The minimum absolute atomic E-state index is 0.0420. The molecule has 2 heterocycles. The molecule has 3 N–H and O–H groups in total. The number of nitrogens with one attached hydrogen (secondary N) is 1. The highest BCUT2D eigenvalue weighted by Gasteiger charge is 2.34. The predicted molar refractivity (Wildman–Crippen MR) is 99.7 cm³/mol. The van der Waals surface area contributed by atoms with E-state index in [1.54, 1.807) is 0 Å². The normalized spacial score (nSPS) is 16.1. The quantitative estimate of drug-likeness (QED) is 0.747. The zero-order valence-corrected chi connectivity index (χ0v) is 14.2. The number of pyridine rings is 1. The Morgan fingerprint density at radius 3 is 2.62 bits per heavy atom. The van der Waals surface area contributed by atoms with Crippen molar-refractivity contribution in [2.24, 2.45) is 5.73 Å². The molecule has 0 radical (unpaired) electrons. The Bertz CT molecular complexity index is 1130. The van der Waals surface area contributed by atoms with Crippen LogP contribution in [0.3, 0.4) is 0 Å². The molecule has 5 heteroatoms. The number of nitrogens with two attached hydrogens (primary N) is 1. The van der Waals surface area contributed by atoms with Crippen LogP contribution in [0, 0.1) is 11.3 Å². The van der Waals surface area contributed by atoms with Crippen molar-refractivity contribution in [1.82, 2.24) is 4.98 Å². The maximum atomic E-state index is 12.8. The molecule has 0 bridgehead atoms. The van der Waals surface area contributed by atoms with Gasteiger partial charge in [0.1, 0.15) is 17.4 Å². The number of rotatable bonds is 2. The van der Waals surface area contributed by atoms with E-state index in [0.717, 1.165) is 17.4 Å². The van der Waals surface area contributed by atoms with Crippen LogP contribution in [0.25, 0.3) is 10.9 Å². The number of aryl methyl sites for hydroxylation is 1. The number of nitrogens with zero attached hydrogens (tertiary/aromatic N) is 1. The van der Waals surface area contributed by atoms with Crippen molar-refractivity contribution < 1.29 is 4.74 Å². The Balaban J connectivity index is 2.03. The van der Waals surface area contributed by atoms with Crippen molar-refractivity contribution >= 4 is 10.9 Å². The van der Waals surface area contributed by atoms with E-state index < -0.39 is 5.92 Å². The monoisotopic (exact) mass is 343 g/mol. The van der Waals surface area contributed by atoms with E-state index in [0.29, 0.717) is 16.8 Å². The summed E-state index contributed by atoms with van der Waals surface area (Å²) in [5.74, 6) is -0.0891. The van der Waals surface area contributed by atoms with Crippen molar-refractivity contribution in [2.75, 3.05) is 0 Å². The molecule has 0 spiro atoms. The lowest BCUT2D eigenvalue weighted by Crippen LogP contribution is -2.27. The molecule has 26 heavy (non-hydrogen) atoms. The number of allylic oxidation sites excluding steroid dienone is 1. The number of fused-ring (bicyclic) bond motifs is 3. The summed E-state index contributed by atoms with van der Waals surface area (Å²) in [6.07, 6.45) is 0.916. The lowest BCUT2D eigenvalue weighted by Gasteiger charge is -2.26. The molecule has 3 aromatic rings. The highest BCUT2D eigenvalue weighted by molar-refractivity contribution is 5.87. The van der Waals surface area contributed by atoms with E-state index in [9.17, 15) is 10.1 Å². The van der Waals surface area contributed by atoms with Crippen LogP contribution in [0.2, 0.25) is 0 Å². The first-order valence-electron chi connectivity index (χ1n) is 8.45. The molecule has 2 aromatic carbocycles. The number of H-pyrrole nitrogens is 1. The minimum atomic E-state index is -0.553. The SMILES string of the molecule is CCc1ccc([C@@H]2C(C#N)=C(N)Oc3c2c(=O)[nH]c2ccccc32)cc1. The largest absolute Gasteiger partial charge is 0.439 e. The van der Waals surface area contributed by atoms with E-state index in [4.69, 9.17) is 10.5 Å². The van der Waals surface area contributed by atoms with Crippen molar-refractivity contribution in [1.29, 1.82) is 5.26 Å². The van der Waals surface area contributed by atoms with E-state index in [2.05, 4.69) is 18.0 Å². The summed E-state index contributed by atoms with van der Waals surface area (Å²) in [6, 6.07) is 17.4. The number of nitriles is 1. The van der Waals surface area contributed by atoms with Gasteiger partial charge in [0.25, 0.3) is 5.56 Å². The third-order valence-corrected chi connectivity index (χ3v) is 4.81. The Kier molecular flexibility index (Phi) is 3.74. The van der Waals surface area contributed by atoms with Gasteiger partial charge in [-0.15, -0.1) is 0 Å². The number of benzene rings is 2. The molecule has 0 saturated heterocycles. The molecule has 4 rings (SSSR count). The van der Waals surface area contributed by atoms with Gasteiger partial charge in [-0.2, -0.15) is 5.26 Å². The van der Waals surface area contributed by atoms with Gasteiger partial charge in [0.2, 0.25) is 5.88 Å². The van der Waals surface area contributed by atoms with Crippen LogP contribution in [0.1, 0.15) is 29.5 Å². The average Bonchev–Trinajstić information content (AvgIpc) is 2.67. The summed E-state index contributed by atoms with van der Waals surface area (Å²) in [7, 11) is 0. The lowest BCUT2D eigenvalue weighted by atomic mass is 9.83. The minimum Gasteiger partial charge on any atom is -0.439 e. The summed E-state index contributed by atoms with van der Waals surface area (Å²) in [4.78, 5) is 15.7.